The van der Waals surface area contributed by atoms with E-state index in [0.29, 0.717) is 6.61 Å². The molecule has 3 N–H and O–H groups in total. The van der Waals surface area contributed by atoms with Crippen LogP contribution in [-0.2, 0) is 11.2 Å². The summed E-state index contributed by atoms with van der Waals surface area (Å²) in [7, 11) is 0. The Hall–Kier alpha value is -1.55. The van der Waals surface area contributed by atoms with Crippen LogP contribution in [0.2, 0.25) is 0 Å². The van der Waals surface area contributed by atoms with Gasteiger partial charge in [0.25, 0.3) is 0 Å². The van der Waals surface area contributed by atoms with Crippen molar-refractivity contribution in [2.45, 2.75) is 25.7 Å². The summed E-state index contributed by atoms with van der Waals surface area (Å²) in [6, 6.07) is 7.91. The average molecular weight is 262 g/mol. The second-order valence-corrected chi connectivity index (χ2v) is 4.96. The molecule has 19 heavy (non-hydrogen) atoms. The van der Waals surface area contributed by atoms with Gasteiger partial charge in [0.15, 0.2) is 0 Å². The van der Waals surface area contributed by atoms with Gasteiger partial charge >= 0.3 is 0 Å². The molecule has 4 nitrogen and oxygen atoms in total. The highest BCUT2D eigenvalue weighted by molar-refractivity contribution is 5.79. The Morgan fingerprint density at radius 2 is 2.16 bits per heavy atom. The summed E-state index contributed by atoms with van der Waals surface area (Å²) >= 11 is 0. The minimum Gasteiger partial charge on any atom is -0.492 e. The van der Waals surface area contributed by atoms with Crippen molar-refractivity contribution in [3.63, 3.8) is 0 Å². The lowest BCUT2D eigenvalue weighted by Gasteiger charge is -2.24. The first kappa shape index (κ1) is 13.9. The summed E-state index contributed by atoms with van der Waals surface area (Å²) in [5.74, 6) is 0.946. The van der Waals surface area contributed by atoms with Crippen LogP contribution < -0.4 is 15.8 Å². The van der Waals surface area contributed by atoms with Crippen LogP contribution >= 0.6 is 0 Å². The van der Waals surface area contributed by atoms with Gasteiger partial charge in [-0.05, 0) is 37.4 Å². The van der Waals surface area contributed by atoms with Crippen LogP contribution in [-0.4, -0.2) is 25.6 Å². The maximum absolute atomic E-state index is 12.0. The minimum absolute atomic E-state index is 0.0654. The Balaban J connectivity index is 1.76. The van der Waals surface area contributed by atoms with Gasteiger partial charge in [-0.25, -0.2) is 0 Å². The van der Waals surface area contributed by atoms with Crippen LogP contribution in [0.3, 0.4) is 0 Å². The number of para-hydroxylation sites is 1. The van der Waals surface area contributed by atoms with Gasteiger partial charge in [-0.3, -0.25) is 4.79 Å². The third-order valence-corrected chi connectivity index (χ3v) is 3.43. The number of hydrogen-bond donors (Lipinski definition) is 2. The van der Waals surface area contributed by atoms with Crippen molar-refractivity contribution >= 4 is 5.91 Å². The van der Waals surface area contributed by atoms with Gasteiger partial charge in [0.05, 0.1) is 5.92 Å². The molecule has 0 aromatic heterocycles. The van der Waals surface area contributed by atoms with Crippen molar-refractivity contribution in [1.82, 2.24) is 5.32 Å². The molecule has 0 radical (unpaired) electrons. The van der Waals surface area contributed by atoms with Crippen LogP contribution in [0.5, 0.6) is 5.75 Å². The molecule has 1 aliphatic heterocycles. The van der Waals surface area contributed by atoms with Crippen molar-refractivity contribution in [3.05, 3.63) is 29.8 Å². The van der Waals surface area contributed by atoms with Crippen molar-refractivity contribution in [2.75, 3.05) is 19.7 Å². The summed E-state index contributed by atoms with van der Waals surface area (Å²) in [5.41, 5.74) is 6.55. The predicted molar refractivity (Wildman–Crippen MR) is 75.0 cm³/mol. The monoisotopic (exact) mass is 262 g/mol. The zero-order valence-electron chi connectivity index (χ0n) is 11.2. The highest BCUT2D eigenvalue weighted by Gasteiger charge is 2.25. The Bertz CT molecular complexity index is 420. The van der Waals surface area contributed by atoms with E-state index in [-0.39, 0.29) is 11.8 Å². The predicted octanol–water partition coefficient (Wildman–Crippen LogP) is 1.48. The van der Waals surface area contributed by atoms with E-state index in [1.807, 2.05) is 24.3 Å². The summed E-state index contributed by atoms with van der Waals surface area (Å²) < 4.78 is 5.62. The molecule has 1 atom stereocenters. The van der Waals surface area contributed by atoms with Gasteiger partial charge in [0.2, 0.25) is 5.91 Å². The highest BCUT2D eigenvalue weighted by atomic mass is 16.5. The second-order valence-electron chi connectivity index (χ2n) is 4.96. The molecule has 0 aliphatic carbocycles. The van der Waals surface area contributed by atoms with E-state index in [1.165, 1.54) is 0 Å². The Morgan fingerprint density at radius 1 is 1.32 bits per heavy atom. The topological polar surface area (TPSA) is 64.3 Å². The first-order chi connectivity index (χ1) is 9.31. The normalized spacial score (nSPS) is 17.4. The number of benzene rings is 1. The molecule has 1 unspecified atom stereocenters. The maximum Gasteiger partial charge on any atom is 0.226 e. The molecular weight excluding hydrogens is 240 g/mol. The molecule has 0 bridgehead atoms. The lowest BCUT2D eigenvalue weighted by Crippen LogP contribution is -2.37. The number of rotatable bonds is 6. The van der Waals surface area contributed by atoms with Crippen molar-refractivity contribution in [1.29, 1.82) is 0 Å². The third-order valence-electron chi connectivity index (χ3n) is 3.43. The molecule has 0 saturated heterocycles. The molecule has 104 valence electrons. The van der Waals surface area contributed by atoms with E-state index in [9.17, 15) is 4.79 Å². The smallest absolute Gasteiger partial charge is 0.226 e. The van der Waals surface area contributed by atoms with Gasteiger partial charge in [-0.15, -0.1) is 0 Å². The standard InChI is InChI=1S/C15H22N2O2/c16-8-4-1-5-9-17-15(18)13-10-12-6-2-3-7-14(12)19-11-13/h2-3,6-7,13H,1,4-5,8-11,16H2,(H,17,18). The van der Waals surface area contributed by atoms with Gasteiger partial charge in [-0.2, -0.15) is 0 Å². The largest absolute Gasteiger partial charge is 0.492 e. The Labute approximate surface area is 114 Å². The quantitative estimate of drug-likeness (QED) is 0.763. The summed E-state index contributed by atoms with van der Waals surface area (Å²) in [4.78, 5) is 12.0. The number of hydrogen-bond acceptors (Lipinski definition) is 3. The summed E-state index contributed by atoms with van der Waals surface area (Å²) in [6.07, 6.45) is 3.86. The van der Waals surface area contributed by atoms with Crippen molar-refractivity contribution in [3.8, 4) is 5.75 Å². The van der Waals surface area contributed by atoms with Crippen LogP contribution in [0.25, 0.3) is 0 Å². The number of nitrogens with two attached hydrogens (primary N) is 1. The number of carbonyl (C=O) groups is 1. The SMILES string of the molecule is NCCCCCNC(=O)C1COc2ccccc2C1. The molecule has 1 amide bonds. The van der Waals surface area contributed by atoms with E-state index in [2.05, 4.69) is 5.32 Å². The molecule has 0 saturated carbocycles. The summed E-state index contributed by atoms with van der Waals surface area (Å²) in [6.45, 7) is 1.93. The van der Waals surface area contributed by atoms with E-state index in [1.54, 1.807) is 0 Å². The molecule has 1 heterocycles. The van der Waals surface area contributed by atoms with E-state index in [0.717, 1.165) is 50.1 Å². The fourth-order valence-electron chi connectivity index (χ4n) is 2.30. The Kier molecular flexibility index (Phi) is 5.21. The molecular formula is C15H22N2O2. The van der Waals surface area contributed by atoms with Gasteiger partial charge in [0, 0.05) is 6.54 Å². The Morgan fingerprint density at radius 3 is 3.00 bits per heavy atom. The molecule has 1 aliphatic rings. The first-order valence-corrected chi connectivity index (χ1v) is 6.99. The molecule has 1 aromatic rings. The van der Waals surface area contributed by atoms with Crippen LogP contribution in [0.4, 0.5) is 0 Å². The first-order valence-electron chi connectivity index (χ1n) is 6.99. The van der Waals surface area contributed by atoms with E-state index >= 15 is 0 Å². The second kappa shape index (κ2) is 7.14. The fraction of sp³-hybridized carbons (Fsp3) is 0.533. The van der Waals surface area contributed by atoms with Crippen molar-refractivity contribution in [2.24, 2.45) is 11.7 Å². The van der Waals surface area contributed by atoms with Crippen LogP contribution in [0.1, 0.15) is 24.8 Å². The highest BCUT2D eigenvalue weighted by Crippen LogP contribution is 2.26. The molecule has 4 heteroatoms. The number of ether oxygens (including phenoxy) is 1. The minimum atomic E-state index is -0.0654. The van der Waals surface area contributed by atoms with Gasteiger partial charge in [0.1, 0.15) is 12.4 Å². The zero-order chi connectivity index (χ0) is 13.5. The number of carbonyl (C=O) groups excluding carboxylic acids is 1. The molecule has 2 rings (SSSR count). The number of fused-ring (bicyclic) bond motifs is 1. The number of amides is 1. The molecule has 0 fully saturated rings. The molecule has 0 spiro atoms. The van der Waals surface area contributed by atoms with E-state index in [4.69, 9.17) is 10.5 Å². The average Bonchev–Trinajstić information content (AvgIpc) is 2.46. The van der Waals surface area contributed by atoms with Gasteiger partial charge in [-0.1, -0.05) is 24.6 Å². The lowest BCUT2D eigenvalue weighted by atomic mass is 9.96. The fourth-order valence-corrected chi connectivity index (χ4v) is 2.30. The number of unbranched alkanes of at least 4 members (excludes halogenated alkanes) is 2. The van der Waals surface area contributed by atoms with Crippen LogP contribution in [0, 0.1) is 5.92 Å². The summed E-state index contributed by atoms with van der Waals surface area (Å²) in [5, 5.41) is 2.98. The van der Waals surface area contributed by atoms with Gasteiger partial charge < -0.3 is 15.8 Å². The van der Waals surface area contributed by atoms with E-state index < -0.39 is 0 Å². The molecule has 1 aromatic carbocycles. The maximum atomic E-state index is 12.0. The van der Waals surface area contributed by atoms with Crippen molar-refractivity contribution < 1.29 is 9.53 Å². The van der Waals surface area contributed by atoms with Crippen LogP contribution in [0.15, 0.2) is 24.3 Å². The third kappa shape index (κ3) is 3.96. The zero-order valence-corrected chi connectivity index (χ0v) is 11.2. The lowest BCUT2D eigenvalue weighted by molar-refractivity contribution is -0.126. The number of nitrogens with one attached hydrogen (secondary N) is 1.